The van der Waals surface area contributed by atoms with Gasteiger partial charge in [0.1, 0.15) is 5.82 Å². The van der Waals surface area contributed by atoms with Crippen LogP contribution < -0.4 is 5.73 Å². The fraction of sp³-hybridized carbons (Fsp3) is 0. The van der Waals surface area contributed by atoms with Crippen LogP contribution in [0, 0.1) is 5.82 Å². The minimum Gasteiger partial charge on any atom is -0.365 e. The van der Waals surface area contributed by atoms with Gasteiger partial charge in [-0.05, 0) is 16.5 Å². The van der Waals surface area contributed by atoms with E-state index < -0.39 is 0 Å². The first-order valence-corrected chi connectivity index (χ1v) is 4.10. The number of anilines is 1. The highest BCUT2D eigenvalue weighted by Gasteiger charge is 1.99. The number of nitrogens with zero attached hydrogens (tertiary/aromatic N) is 5. The third-order valence-electron chi connectivity index (χ3n) is 1.69. The molecule has 0 unspecified atom stereocenters. The second-order valence-corrected chi connectivity index (χ2v) is 2.69. The van der Waals surface area contributed by atoms with E-state index in [1.807, 2.05) is 0 Å². The minimum atomic E-state index is -0.368. The maximum atomic E-state index is 13.1. The summed E-state index contributed by atoms with van der Waals surface area (Å²) in [6.07, 6.45) is 1.29. The minimum absolute atomic E-state index is 0.0441. The zero-order valence-corrected chi connectivity index (χ0v) is 7.58. The molecular formula is C8H7FN6. The van der Waals surface area contributed by atoms with Crippen LogP contribution in [0.4, 0.5) is 10.3 Å². The Morgan fingerprint density at radius 3 is 2.87 bits per heavy atom. The average molecular weight is 206 g/mol. The van der Waals surface area contributed by atoms with Crippen LogP contribution in [-0.2, 0) is 0 Å². The summed E-state index contributed by atoms with van der Waals surface area (Å²) < 4.78 is 13.1. The summed E-state index contributed by atoms with van der Waals surface area (Å²) in [7, 11) is 0. The van der Waals surface area contributed by atoms with Gasteiger partial charge in [-0.3, -0.25) is 0 Å². The molecule has 1 aromatic carbocycles. The Kier molecular flexibility index (Phi) is 2.36. The van der Waals surface area contributed by atoms with Crippen LogP contribution in [0.15, 0.2) is 29.4 Å². The second kappa shape index (κ2) is 3.82. The molecule has 0 saturated heterocycles. The van der Waals surface area contributed by atoms with E-state index >= 15 is 0 Å². The lowest BCUT2D eigenvalue weighted by Gasteiger charge is -1.94. The monoisotopic (exact) mass is 206 g/mol. The molecule has 2 rings (SSSR count). The number of hydrogen-bond acceptors (Lipinski definition) is 5. The first-order valence-electron chi connectivity index (χ1n) is 4.10. The Balaban J connectivity index is 2.26. The molecule has 0 bridgehead atoms. The van der Waals surface area contributed by atoms with Gasteiger partial charge in [-0.25, -0.2) is 4.39 Å². The molecule has 0 amide bonds. The summed E-state index contributed by atoms with van der Waals surface area (Å²) in [5.74, 6) is -0.324. The van der Waals surface area contributed by atoms with Crippen molar-refractivity contribution in [3.63, 3.8) is 0 Å². The summed E-state index contributed by atoms with van der Waals surface area (Å²) in [4.78, 5) is 1.01. The Hall–Kier alpha value is -2.31. The van der Waals surface area contributed by atoms with Gasteiger partial charge in [-0.15, -0.1) is 0 Å². The van der Waals surface area contributed by atoms with E-state index in [2.05, 4.69) is 20.6 Å². The molecule has 1 aromatic heterocycles. The number of rotatable bonds is 2. The summed E-state index contributed by atoms with van der Waals surface area (Å²) in [6.45, 7) is 0. The van der Waals surface area contributed by atoms with Crippen LogP contribution in [0.1, 0.15) is 5.56 Å². The molecule has 6 nitrogen and oxygen atoms in total. The Morgan fingerprint density at radius 1 is 1.40 bits per heavy atom. The predicted octanol–water partition coefficient (Wildman–Crippen LogP) is 0.277. The highest BCUT2D eigenvalue weighted by atomic mass is 19.1. The van der Waals surface area contributed by atoms with Gasteiger partial charge in [0.2, 0.25) is 0 Å². The lowest BCUT2D eigenvalue weighted by Crippen LogP contribution is -2.00. The highest BCUT2D eigenvalue weighted by molar-refractivity contribution is 5.79. The zero-order chi connectivity index (χ0) is 10.7. The molecule has 0 radical (unpaired) electrons. The molecule has 2 N–H and O–H groups in total. The Bertz CT molecular complexity index is 491. The molecule has 2 aromatic rings. The van der Waals surface area contributed by atoms with Gasteiger partial charge in [-0.2, -0.15) is 5.10 Å². The van der Waals surface area contributed by atoms with Crippen molar-refractivity contribution in [3.05, 3.63) is 35.6 Å². The van der Waals surface area contributed by atoms with Gasteiger partial charge in [-0.1, -0.05) is 28.1 Å². The summed E-state index contributed by atoms with van der Waals surface area (Å²) in [5.41, 5.74) is 5.70. The lowest BCUT2D eigenvalue weighted by atomic mass is 10.2. The van der Waals surface area contributed by atoms with Crippen molar-refractivity contribution in [2.75, 3.05) is 5.73 Å². The SMILES string of the molecule is Nc1nnnn1/N=C\c1ccccc1F. The maximum absolute atomic E-state index is 13.1. The number of benzene rings is 1. The van der Waals surface area contributed by atoms with E-state index in [1.54, 1.807) is 18.2 Å². The standard InChI is InChI=1S/C8H7FN6/c9-7-4-2-1-3-6(7)5-11-15-8(10)12-13-14-15/h1-5H,(H2,10,12,14)/b11-5-. The molecule has 1 heterocycles. The smallest absolute Gasteiger partial charge is 0.263 e. The largest absolute Gasteiger partial charge is 0.365 e. The van der Waals surface area contributed by atoms with Crippen LogP contribution >= 0.6 is 0 Å². The van der Waals surface area contributed by atoms with E-state index in [0.717, 1.165) is 4.79 Å². The zero-order valence-electron chi connectivity index (χ0n) is 7.58. The van der Waals surface area contributed by atoms with Crippen molar-refractivity contribution in [3.8, 4) is 0 Å². The van der Waals surface area contributed by atoms with E-state index in [0.29, 0.717) is 5.56 Å². The second-order valence-electron chi connectivity index (χ2n) is 2.69. The summed E-state index contributed by atoms with van der Waals surface area (Å²) in [6, 6.07) is 6.22. The first-order chi connectivity index (χ1) is 7.27. The van der Waals surface area contributed by atoms with Crippen molar-refractivity contribution >= 4 is 12.2 Å². The van der Waals surface area contributed by atoms with Crippen molar-refractivity contribution in [1.29, 1.82) is 0 Å². The number of hydrogen-bond donors (Lipinski definition) is 1. The van der Waals surface area contributed by atoms with Crippen LogP contribution in [0.3, 0.4) is 0 Å². The van der Waals surface area contributed by atoms with Crippen molar-refractivity contribution in [1.82, 2.24) is 20.3 Å². The fourth-order valence-electron chi connectivity index (χ4n) is 0.968. The maximum Gasteiger partial charge on any atom is 0.263 e. The topological polar surface area (TPSA) is 82.0 Å². The summed E-state index contributed by atoms with van der Waals surface area (Å²) in [5, 5.41) is 14.0. The van der Waals surface area contributed by atoms with Crippen LogP contribution in [0.5, 0.6) is 0 Å². The predicted molar refractivity (Wildman–Crippen MR) is 51.6 cm³/mol. The molecule has 0 spiro atoms. The molecular weight excluding hydrogens is 199 g/mol. The fourth-order valence-corrected chi connectivity index (χ4v) is 0.968. The average Bonchev–Trinajstić information content (AvgIpc) is 2.63. The molecule has 7 heteroatoms. The van der Waals surface area contributed by atoms with Gasteiger partial charge < -0.3 is 5.73 Å². The van der Waals surface area contributed by atoms with Crippen LogP contribution in [0.25, 0.3) is 0 Å². The number of halogens is 1. The Morgan fingerprint density at radius 2 is 2.20 bits per heavy atom. The molecule has 0 saturated carbocycles. The molecule has 0 atom stereocenters. The van der Waals surface area contributed by atoms with E-state index in [1.165, 1.54) is 12.3 Å². The first kappa shape index (κ1) is 9.25. The highest BCUT2D eigenvalue weighted by Crippen LogP contribution is 2.03. The van der Waals surface area contributed by atoms with Crippen LogP contribution in [-0.4, -0.2) is 26.5 Å². The molecule has 76 valence electrons. The van der Waals surface area contributed by atoms with E-state index in [4.69, 9.17) is 5.73 Å². The number of nitrogens with two attached hydrogens (primary N) is 1. The van der Waals surface area contributed by atoms with Gasteiger partial charge in [0.05, 0.1) is 6.21 Å². The van der Waals surface area contributed by atoms with Crippen molar-refractivity contribution in [2.45, 2.75) is 0 Å². The third kappa shape index (κ3) is 1.96. The Labute approximate surface area is 84.2 Å². The summed E-state index contributed by atoms with van der Waals surface area (Å²) >= 11 is 0. The van der Waals surface area contributed by atoms with Crippen LogP contribution in [0.2, 0.25) is 0 Å². The molecule has 0 aliphatic rings. The molecule has 15 heavy (non-hydrogen) atoms. The number of tetrazole rings is 1. The quantitative estimate of drug-likeness (QED) is 0.715. The molecule has 0 aliphatic carbocycles. The molecule has 0 aliphatic heterocycles. The molecule has 0 fully saturated rings. The van der Waals surface area contributed by atoms with Crippen molar-refractivity contribution < 1.29 is 4.39 Å². The number of aromatic nitrogens is 4. The van der Waals surface area contributed by atoms with Crippen molar-refractivity contribution in [2.24, 2.45) is 5.10 Å². The van der Waals surface area contributed by atoms with E-state index in [9.17, 15) is 4.39 Å². The van der Waals surface area contributed by atoms with Gasteiger partial charge in [0, 0.05) is 5.56 Å². The lowest BCUT2D eigenvalue weighted by molar-refractivity contribution is 0.625. The van der Waals surface area contributed by atoms with Gasteiger partial charge in [0.25, 0.3) is 5.95 Å². The van der Waals surface area contributed by atoms with Gasteiger partial charge in [0.15, 0.2) is 0 Å². The van der Waals surface area contributed by atoms with Gasteiger partial charge >= 0.3 is 0 Å². The third-order valence-corrected chi connectivity index (χ3v) is 1.69. The normalized spacial score (nSPS) is 11.0. The van der Waals surface area contributed by atoms with E-state index in [-0.39, 0.29) is 11.8 Å². The number of nitrogen functional groups attached to an aromatic ring is 1.